The molecule has 1 atom stereocenters. The molecule has 1 aromatic carbocycles. The van der Waals surface area contributed by atoms with Crippen LogP contribution < -0.4 is 5.32 Å². The first-order chi connectivity index (χ1) is 8.94. The third-order valence-corrected chi connectivity index (χ3v) is 4.03. The van der Waals surface area contributed by atoms with E-state index < -0.39 is 5.54 Å². The topological polar surface area (TPSA) is 75.5 Å². The van der Waals surface area contributed by atoms with Gasteiger partial charge in [0.05, 0.1) is 4.92 Å². The zero-order valence-electron chi connectivity index (χ0n) is 10.8. The summed E-state index contributed by atoms with van der Waals surface area (Å²) in [6.07, 6.45) is 1.43. The van der Waals surface area contributed by atoms with Crippen LogP contribution in [-0.2, 0) is 4.79 Å². The van der Waals surface area contributed by atoms with Gasteiger partial charge in [0.2, 0.25) is 5.91 Å². The Morgan fingerprint density at radius 2 is 2.16 bits per heavy atom. The van der Waals surface area contributed by atoms with Crippen molar-refractivity contribution in [3.05, 3.63) is 39.4 Å². The van der Waals surface area contributed by atoms with Crippen LogP contribution in [0.4, 0.5) is 5.69 Å². The molecule has 6 heteroatoms. The molecule has 1 aromatic rings. The van der Waals surface area contributed by atoms with Gasteiger partial charge in [-0.2, -0.15) is 0 Å². The first kappa shape index (κ1) is 12.1. The standard InChI is InChI=1S/C13H15N3O3/c1-8-3-4-9(7-10(8)16(18)19)11-14-13(5-6-13)12(17)15(11)2/h3-4,7,11,14H,5-6H2,1-2H3. The monoisotopic (exact) mass is 261 g/mol. The summed E-state index contributed by atoms with van der Waals surface area (Å²) < 4.78 is 0. The summed E-state index contributed by atoms with van der Waals surface area (Å²) in [5, 5.41) is 14.3. The molecule has 6 nitrogen and oxygen atoms in total. The predicted octanol–water partition coefficient (Wildman–Crippen LogP) is 1.50. The number of carbonyl (C=O) groups is 1. The van der Waals surface area contributed by atoms with E-state index in [1.165, 1.54) is 0 Å². The minimum atomic E-state index is -0.404. The Bertz CT molecular complexity index is 580. The molecular weight excluding hydrogens is 246 g/mol. The van der Waals surface area contributed by atoms with Gasteiger partial charge in [-0.25, -0.2) is 0 Å². The van der Waals surface area contributed by atoms with Gasteiger partial charge in [-0.1, -0.05) is 12.1 Å². The Balaban J connectivity index is 1.97. The predicted molar refractivity (Wildman–Crippen MR) is 68.4 cm³/mol. The molecule has 0 radical (unpaired) electrons. The number of aryl methyl sites for hydroxylation is 1. The highest BCUT2D eigenvalue weighted by molar-refractivity contribution is 5.91. The summed E-state index contributed by atoms with van der Waals surface area (Å²) in [6, 6.07) is 5.12. The quantitative estimate of drug-likeness (QED) is 0.646. The highest BCUT2D eigenvalue weighted by atomic mass is 16.6. The fraction of sp³-hybridized carbons (Fsp3) is 0.462. The van der Waals surface area contributed by atoms with Gasteiger partial charge in [-0.05, 0) is 25.3 Å². The molecule has 2 aliphatic rings. The molecule has 1 spiro atoms. The zero-order valence-corrected chi connectivity index (χ0v) is 10.8. The number of nitro benzene ring substituents is 1. The maximum atomic E-state index is 12.1. The Kier molecular flexibility index (Phi) is 2.40. The lowest BCUT2D eigenvalue weighted by molar-refractivity contribution is -0.385. The number of rotatable bonds is 2. The molecule has 1 N–H and O–H groups in total. The first-order valence-corrected chi connectivity index (χ1v) is 6.24. The molecule has 3 rings (SSSR count). The lowest BCUT2D eigenvalue weighted by Crippen LogP contribution is -2.30. The van der Waals surface area contributed by atoms with Gasteiger partial charge in [-0.3, -0.25) is 20.2 Å². The summed E-state index contributed by atoms with van der Waals surface area (Å²) in [5.74, 6) is 0.0840. The van der Waals surface area contributed by atoms with Crippen molar-refractivity contribution in [2.75, 3.05) is 7.05 Å². The van der Waals surface area contributed by atoms with Crippen LogP contribution in [0.25, 0.3) is 0 Å². The lowest BCUT2D eigenvalue weighted by atomic mass is 10.1. The van der Waals surface area contributed by atoms with Crippen molar-refractivity contribution in [3.63, 3.8) is 0 Å². The fourth-order valence-electron chi connectivity index (χ4n) is 2.66. The van der Waals surface area contributed by atoms with Crippen molar-refractivity contribution in [1.82, 2.24) is 10.2 Å². The van der Waals surface area contributed by atoms with E-state index in [1.807, 2.05) is 6.07 Å². The van der Waals surface area contributed by atoms with Crippen molar-refractivity contribution in [3.8, 4) is 0 Å². The number of benzene rings is 1. The van der Waals surface area contributed by atoms with Gasteiger partial charge in [0.1, 0.15) is 11.7 Å². The Morgan fingerprint density at radius 3 is 2.68 bits per heavy atom. The largest absolute Gasteiger partial charge is 0.324 e. The molecule has 2 fully saturated rings. The zero-order chi connectivity index (χ0) is 13.8. The maximum absolute atomic E-state index is 12.1. The van der Waals surface area contributed by atoms with Gasteiger partial charge in [0, 0.05) is 18.7 Å². The summed E-state index contributed by atoms with van der Waals surface area (Å²) >= 11 is 0. The minimum absolute atomic E-state index is 0.0840. The van der Waals surface area contributed by atoms with Gasteiger partial charge >= 0.3 is 0 Å². The number of nitrogens with zero attached hydrogens (tertiary/aromatic N) is 2. The summed E-state index contributed by atoms with van der Waals surface area (Å²) in [7, 11) is 1.73. The second kappa shape index (κ2) is 3.77. The molecule has 19 heavy (non-hydrogen) atoms. The van der Waals surface area contributed by atoms with Gasteiger partial charge in [0.15, 0.2) is 0 Å². The Hall–Kier alpha value is -1.95. The smallest absolute Gasteiger partial charge is 0.272 e. The SMILES string of the molecule is Cc1ccc(C2NC3(CC3)C(=O)N2C)cc1[N+](=O)[O-]. The van der Waals surface area contributed by atoms with Gasteiger partial charge in [-0.15, -0.1) is 0 Å². The van der Waals surface area contributed by atoms with E-state index in [0.717, 1.165) is 18.4 Å². The van der Waals surface area contributed by atoms with Crippen LogP contribution in [0.3, 0.4) is 0 Å². The molecule has 1 unspecified atom stereocenters. The molecule has 1 amide bonds. The highest BCUT2D eigenvalue weighted by Crippen LogP contribution is 2.45. The molecule has 1 aliphatic heterocycles. The molecule has 1 saturated heterocycles. The first-order valence-electron chi connectivity index (χ1n) is 6.24. The molecule has 100 valence electrons. The van der Waals surface area contributed by atoms with Crippen LogP contribution >= 0.6 is 0 Å². The van der Waals surface area contributed by atoms with Crippen LogP contribution in [0.2, 0.25) is 0 Å². The van der Waals surface area contributed by atoms with Crippen molar-refractivity contribution in [2.24, 2.45) is 0 Å². The number of hydrogen-bond acceptors (Lipinski definition) is 4. The van der Waals surface area contributed by atoms with Crippen LogP contribution in [-0.4, -0.2) is 28.3 Å². The summed E-state index contributed by atoms with van der Waals surface area (Å²) in [4.78, 5) is 24.3. The number of nitrogens with one attached hydrogen (secondary N) is 1. The lowest BCUT2D eigenvalue weighted by Gasteiger charge is -2.19. The van der Waals surface area contributed by atoms with Crippen molar-refractivity contribution >= 4 is 11.6 Å². The Morgan fingerprint density at radius 1 is 1.47 bits per heavy atom. The molecule has 0 aromatic heterocycles. The van der Waals surface area contributed by atoms with E-state index in [1.54, 1.807) is 31.0 Å². The maximum Gasteiger partial charge on any atom is 0.272 e. The number of hydrogen-bond donors (Lipinski definition) is 1. The average molecular weight is 261 g/mol. The number of likely N-dealkylation sites (N-methyl/N-ethyl adjacent to an activating group) is 1. The molecule has 1 heterocycles. The van der Waals surface area contributed by atoms with Crippen LogP contribution in [0.15, 0.2) is 18.2 Å². The summed E-state index contributed by atoms with van der Waals surface area (Å²) in [6.45, 7) is 1.71. The van der Waals surface area contributed by atoms with Crippen LogP contribution in [0.1, 0.15) is 30.1 Å². The fourth-order valence-corrected chi connectivity index (χ4v) is 2.66. The summed E-state index contributed by atoms with van der Waals surface area (Å²) in [5.41, 5.74) is 1.08. The molecule has 0 bridgehead atoms. The molecule has 1 aliphatic carbocycles. The van der Waals surface area contributed by atoms with Crippen molar-refractivity contribution in [1.29, 1.82) is 0 Å². The molecule has 1 saturated carbocycles. The Labute approximate surface area is 110 Å². The van der Waals surface area contributed by atoms with E-state index in [4.69, 9.17) is 0 Å². The van der Waals surface area contributed by atoms with E-state index in [0.29, 0.717) is 5.56 Å². The van der Waals surface area contributed by atoms with Crippen LogP contribution in [0.5, 0.6) is 0 Å². The van der Waals surface area contributed by atoms with E-state index >= 15 is 0 Å². The third kappa shape index (κ3) is 1.71. The van der Waals surface area contributed by atoms with Gasteiger partial charge in [0.25, 0.3) is 5.69 Å². The van der Waals surface area contributed by atoms with Gasteiger partial charge < -0.3 is 4.90 Å². The average Bonchev–Trinajstić information content (AvgIpc) is 3.11. The third-order valence-electron chi connectivity index (χ3n) is 4.03. The normalized spacial score (nSPS) is 24.0. The van der Waals surface area contributed by atoms with E-state index in [-0.39, 0.29) is 22.7 Å². The second-order valence-electron chi connectivity index (χ2n) is 5.35. The minimum Gasteiger partial charge on any atom is -0.324 e. The number of carbonyl (C=O) groups excluding carboxylic acids is 1. The van der Waals surface area contributed by atoms with E-state index in [9.17, 15) is 14.9 Å². The van der Waals surface area contributed by atoms with E-state index in [2.05, 4.69) is 5.32 Å². The second-order valence-corrected chi connectivity index (χ2v) is 5.35. The number of nitro groups is 1. The van der Waals surface area contributed by atoms with Crippen molar-refractivity contribution < 1.29 is 9.72 Å². The number of amides is 1. The van der Waals surface area contributed by atoms with Crippen molar-refractivity contribution in [2.45, 2.75) is 31.5 Å². The van der Waals surface area contributed by atoms with Crippen LogP contribution in [0, 0.1) is 17.0 Å². The molecular formula is C13H15N3O3. The highest BCUT2D eigenvalue weighted by Gasteiger charge is 2.58.